The Morgan fingerprint density at radius 2 is 2.05 bits per heavy atom. The minimum absolute atomic E-state index is 0.167. The van der Waals surface area contributed by atoms with Crippen molar-refractivity contribution in [1.29, 1.82) is 0 Å². The molecule has 1 fully saturated rings. The summed E-state index contributed by atoms with van der Waals surface area (Å²) in [5.74, 6) is -2.23. The first-order chi connectivity index (χ1) is 9.40. The Morgan fingerprint density at radius 1 is 1.45 bits per heavy atom. The van der Waals surface area contributed by atoms with E-state index in [4.69, 9.17) is 12.2 Å². The second kappa shape index (κ2) is 5.72. The van der Waals surface area contributed by atoms with Gasteiger partial charge in [-0.3, -0.25) is 9.69 Å². The summed E-state index contributed by atoms with van der Waals surface area (Å²) in [6.45, 7) is 1.33. The second-order valence-electron chi connectivity index (χ2n) is 4.10. The van der Waals surface area contributed by atoms with Crippen LogP contribution in [0.25, 0.3) is 6.08 Å². The van der Waals surface area contributed by atoms with E-state index >= 15 is 0 Å². The lowest BCUT2D eigenvalue weighted by molar-refractivity contribution is -0.309. The smallest absolute Gasteiger partial charge is 0.266 e. The lowest BCUT2D eigenvalue weighted by atomic mass is 10.2. The van der Waals surface area contributed by atoms with E-state index in [-0.39, 0.29) is 10.1 Å². The van der Waals surface area contributed by atoms with Crippen LogP contribution in [0.1, 0.15) is 12.5 Å². The normalized spacial score (nSPS) is 18.7. The predicted molar refractivity (Wildman–Crippen MR) is 75.9 cm³/mol. The van der Waals surface area contributed by atoms with E-state index in [0.717, 1.165) is 16.7 Å². The number of halogens is 1. The SMILES string of the molecule is C[C@H](C(=O)[O-])N1C(=O)/C(=C\c2ccc(F)cc2)SC1=S. The van der Waals surface area contributed by atoms with E-state index < -0.39 is 17.9 Å². The zero-order valence-corrected chi connectivity index (χ0v) is 12.0. The molecule has 1 aliphatic rings. The van der Waals surface area contributed by atoms with Gasteiger partial charge in [-0.05, 0) is 30.7 Å². The van der Waals surface area contributed by atoms with Gasteiger partial charge < -0.3 is 9.90 Å². The highest BCUT2D eigenvalue weighted by atomic mass is 32.2. The van der Waals surface area contributed by atoms with Gasteiger partial charge in [-0.2, -0.15) is 0 Å². The van der Waals surface area contributed by atoms with Gasteiger partial charge in [0.1, 0.15) is 10.1 Å². The zero-order chi connectivity index (χ0) is 14.9. The fourth-order valence-electron chi connectivity index (χ4n) is 1.63. The molecule has 1 aromatic rings. The van der Waals surface area contributed by atoms with E-state index in [1.54, 1.807) is 6.08 Å². The van der Waals surface area contributed by atoms with Crippen molar-refractivity contribution in [3.8, 4) is 0 Å². The van der Waals surface area contributed by atoms with Crippen LogP contribution in [0.2, 0.25) is 0 Å². The highest BCUT2D eigenvalue weighted by molar-refractivity contribution is 8.26. The average molecular weight is 310 g/mol. The maximum atomic E-state index is 12.8. The van der Waals surface area contributed by atoms with Crippen molar-refractivity contribution in [3.05, 3.63) is 40.6 Å². The summed E-state index contributed by atoms with van der Waals surface area (Å²) in [5.41, 5.74) is 0.632. The molecule has 7 heteroatoms. The van der Waals surface area contributed by atoms with Crippen molar-refractivity contribution in [2.45, 2.75) is 13.0 Å². The topological polar surface area (TPSA) is 60.4 Å². The van der Waals surface area contributed by atoms with Crippen LogP contribution >= 0.6 is 24.0 Å². The van der Waals surface area contributed by atoms with Crippen LogP contribution in [0.5, 0.6) is 0 Å². The van der Waals surface area contributed by atoms with Crippen LogP contribution in [0.15, 0.2) is 29.2 Å². The number of thioether (sulfide) groups is 1. The van der Waals surface area contributed by atoms with Gasteiger partial charge in [0.15, 0.2) is 0 Å². The maximum absolute atomic E-state index is 12.8. The Labute approximate surface area is 124 Å². The van der Waals surface area contributed by atoms with E-state index in [0.29, 0.717) is 10.5 Å². The molecule has 0 aliphatic carbocycles. The molecular weight excluding hydrogens is 301 g/mol. The minimum Gasteiger partial charge on any atom is -0.548 e. The molecular formula is C13H9FNO3S2-. The molecule has 104 valence electrons. The van der Waals surface area contributed by atoms with E-state index in [9.17, 15) is 19.1 Å². The third-order valence-corrected chi connectivity index (χ3v) is 4.05. The Hall–Kier alpha value is -1.73. The highest BCUT2D eigenvalue weighted by Crippen LogP contribution is 2.33. The third-order valence-electron chi connectivity index (χ3n) is 2.72. The van der Waals surface area contributed by atoms with Crippen molar-refractivity contribution in [1.82, 2.24) is 4.90 Å². The second-order valence-corrected chi connectivity index (χ2v) is 5.77. The van der Waals surface area contributed by atoms with Gasteiger partial charge in [0.2, 0.25) is 0 Å². The summed E-state index contributed by atoms with van der Waals surface area (Å²) in [6.07, 6.45) is 1.54. The fourth-order valence-corrected chi connectivity index (χ4v) is 3.05. The number of hydrogen-bond donors (Lipinski definition) is 0. The maximum Gasteiger partial charge on any atom is 0.266 e. The number of carboxylic acid groups (broad SMARTS) is 1. The number of thiocarbonyl (C=S) groups is 1. The molecule has 0 unspecified atom stereocenters. The van der Waals surface area contributed by atoms with E-state index in [1.165, 1.54) is 31.2 Å². The summed E-state index contributed by atoms with van der Waals surface area (Å²) >= 11 is 6.01. The molecule has 1 aromatic carbocycles. The molecule has 1 heterocycles. The van der Waals surface area contributed by atoms with Crippen LogP contribution in [0.3, 0.4) is 0 Å². The van der Waals surface area contributed by atoms with Crippen LogP contribution in [-0.2, 0) is 9.59 Å². The van der Waals surface area contributed by atoms with Gasteiger partial charge in [-0.15, -0.1) is 0 Å². The van der Waals surface area contributed by atoms with Gasteiger partial charge >= 0.3 is 0 Å². The molecule has 2 rings (SSSR count). The number of amides is 1. The quantitative estimate of drug-likeness (QED) is 0.619. The molecule has 0 saturated carbocycles. The highest BCUT2D eigenvalue weighted by Gasteiger charge is 2.35. The average Bonchev–Trinajstić information content (AvgIpc) is 2.66. The molecule has 1 aliphatic heterocycles. The summed E-state index contributed by atoms with van der Waals surface area (Å²) < 4.78 is 13.0. The number of nitrogens with zero attached hydrogens (tertiary/aromatic N) is 1. The fraction of sp³-hybridized carbons (Fsp3) is 0.154. The number of rotatable bonds is 3. The first kappa shape index (κ1) is 14.7. The molecule has 1 amide bonds. The van der Waals surface area contributed by atoms with Crippen molar-refractivity contribution in [2.75, 3.05) is 0 Å². The summed E-state index contributed by atoms with van der Waals surface area (Å²) in [6, 6.07) is 4.46. The summed E-state index contributed by atoms with van der Waals surface area (Å²) in [7, 11) is 0. The Bertz CT molecular complexity index is 613. The van der Waals surface area contributed by atoms with Crippen molar-refractivity contribution in [2.24, 2.45) is 0 Å². The number of carbonyl (C=O) groups is 2. The molecule has 0 N–H and O–H groups in total. The van der Waals surface area contributed by atoms with Crippen LogP contribution < -0.4 is 5.11 Å². The predicted octanol–water partition coefficient (Wildman–Crippen LogP) is 1.17. The molecule has 0 bridgehead atoms. The van der Waals surface area contributed by atoms with Gasteiger partial charge in [-0.1, -0.05) is 36.1 Å². The van der Waals surface area contributed by atoms with Crippen LogP contribution in [0.4, 0.5) is 4.39 Å². The number of carbonyl (C=O) groups excluding carboxylic acids is 2. The first-order valence-electron chi connectivity index (χ1n) is 5.63. The monoisotopic (exact) mass is 310 g/mol. The molecule has 0 radical (unpaired) electrons. The Balaban J connectivity index is 2.28. The third kappa shape index (κ3) is 2.88. The number of aliphatic carboxylic acids is 1. The molecule has 0 spiro atoms. The standard InChI is InChI=1S/C13H10FNO3S2/c1-7(12(17)18)15-11(16)10(20-13(15)19)6-8-2-4-9(14)5-3-8/h2-7H,1H3,(H,17,18)/p-1/b10-6+/t7-/m1/s1. The lowest BCUT2D eigenvalue weighted by Gasteiger charge is -2.23. The zero-order valence-electron chi connectivity index (χ0n) is 10.3. The van der Waals surface area contributed by atoms with Gasteiger partial charge in [0, 0.05) is 0 Å². The Morgan fingerprint density at radius 3 is 2.60 bits per heavy atom. The van der Waals surface area contributed by atoms with Crippen LogP contribution in [-0.4, -0.2) is 27.1 Å². The van der Waals surface area contributed by atoms with Gasteiger partial charge in [-0.25, -0.2) is 4.39 Å². The Kier molecular flexibility index (Phi) is 4.20. The number of carboxylic acids is 1. The van der Waals surface area contributed by atoms with E-state index in [2.05, 4.69) is 0 Å². The van der Waals surface area contributed by atoms with Crippen molar-refractivity contribution >= 4 is 46.3 Å². The molecule has 4 nitrogen and oxygen atoms in total. The summed E-state index contributed by atoms with van der Waals surface area (Å²) in [4.78, 5) is 24.3. The minimum atomic E-state index is -1.37. The molecule has 0 aromatic heterocycles. The number of hydrogen-bond acceptors (Lipinski definition) is 5. The van der Waals surface area contributed by atoms with Gasteiger partial charge in [0.05, 0.1) is 16.9 Å². The van der Waals surface area contributed by atoms with Crippen molar-refractivity contribution in [3.63, 3.8) is 0 Å². The first-order valence-corrected chi connectivity index (χ1v) is 6.86. The number of benzene rings is 1. The van der Waals surface area contributed by atoms with Crippen molar-refractivity contribution < 1.29 is 19.1 Å². The lowest BCUT2D eigenvalue weighted by Crippen LogP contribution is -2.48. The molecule has 20 heavy (non-hydrogen) atoms. The van der Waals surface area contributed by atoms with Crippen LogP contribution in [0, 0.1) is 5.82 Å². The summed E-state index contributed by atoms with van der Waals surface area (Å²) in [5, 5.41) is 10.8. The largest absolute Gasteiger partial charge is 0.548 e. The molecule has 1 atom stereocenters. The van der Waals surface area contributed by atoms with Gasteiger partial charge in [0.25, 0.3) is 5.91 Å². The van der Waals surface area contributed by atoms with E-state index in [1.807, 2.05) is 0 Å². The molecule has 1 saturated heterocycles.